The number of benzene rings is 2. The lowest BCUT2D eigenvalue weighted by Crippen LogP contribution is -2.40. The van der Waals surface area contributed by atoms with Gasteiger partial charge in [0, 0.05) is 11.6 Å². The number of nitrogens with one attached hydrogen (secondary N) is 1. The summed E-state index contributed by atoms with van der Waals surface area (Å²) in [5.74, 6) is 1.32. The smallest absolute Gasteiger partial charge is 0.255 e. The summed E-state index contributed by atoms with van der Waals surface area (Å²) in [5, 5.41) is 2.84. The van der Waals surface area contributed by atoms with E-state index >= 15 is 0 Å². The highest BCUT2D eigenvalue weighted by atomic mass is 16.5. The van der Waals surface area contributed by atoms with Crippen LogP contribution in [-0.4, -0.2) is 31.9 Å². The first-order valence-electron chi connectivity index (χ1n) is 11.2. The third-order valence-corrected chi connectivity index (χ3v) is 7.68. The predicted molar refractivity (Wildman–Crippen MR) is 121 cm³/mol. The molecule has 5 aliphatic rings. The van der Waals surface area contributed by atoms with Gasteiger partial charge in [0.1, 0.15) is 11.5 Å². The Morgan fingerprint density at radius 3 is 2.27 bits per heavy atom. The van der Waals surface area contributed by atoms with Crippen LogP contribution in [0.4, 0.5) is 11.4 Å². The van der Waals surface area contributed by atoms with Crippen LogP contribution in [0, 0.1) is 35.5 Å². The molecule has 1 N–H and O–H groups in total. The first kappa shape index (κ1) is 20.0. The van der Waals surface area contributed by atoms with E-state index in [1.807, 2.05) is 0 Å². The monoisotopic (exact) mass is 444 g/mol. The van der Waals surface area contributed by atoms with E-state index in [9.17, 15) is 14.4 Å². The number of methoxy groups -OCH3 is 2. The molecule has 0 spiro atoms. The van der Waals surface area contributed by atoms with Crippen molar-refractivity contribution in [2.45, 2.75) is 6.42 Å². The fourth-order valence-corrected chi connectivity index (χ4v) is 6.10. The molecule has 2 aromatic carbocycles. The van der Waals surface area contributed by atoms with Gasteiger partial charge in [-0.1, -0.05) is 18.2 Å². The maximum absolute atomic E-state index is 13.4. The molecule has 1 heterocycles. The Bertz CT molecular complexity index is 1180. The van der Waals surface area contributed by atoms with E-state index in [1.165, 1.54) is 12.0 Å². The Kier molecular flexibility index (Phi) is 4.37. The number of carbonyl (C=O) groups excluding carboxylic acids is 3. The molecule has 2 saturated carbocycles. The molecule has 33 heavy (non-hydrogen) atoms. The molecular formula is C26H24N2O5. The normalized spacial score (nSPS) is 30.7. The van der Waals surface area contributed by atoms with Gasteiger partial charge in [-0.15, -0.1) is 0 Å². The number of carbonyl (C=O) groups is 3. The molecule has 1 saturated heterocycles. The second-order valence-electron chi connectivity index (χ2n) is 9.24. The Morgan fingerprint density at radius 2 is 1.64 bits per heavy atom. The highest BCUT2D eigenvalue weighted by Crippen LogP contribution is 2.65. The molecular weight excluding hydrogens is 420 g/mol. The topological polar surface area (TPSA) is 84.9 Å². The van der Waals surface area contributed by atoms with Gasteiger partial charge in [0.05, 0.1) is 37.4 Å². The minimum absolute atomic E-state index is 0.137. The van der Waals surface area contributed by atoms with Crippen molar-refractivity contribution in [2.75, 3.05) is 24.4 Å². The fourth-order valence-electron chi connectivity index (χ4n) is 6.10. The maximum Gasteiger partial charge on any atom is 0.255 e. The third kappa shape index (κ3) is 2.91. The molecule has 3 fully saturated rings. The first-order valence-corrected chi connectivity index (χ1v) is 11.2. The SMILES string of the molecule is COc1ccc(OC)c(NC(=O)c2cccc(N3C(=O)C4C5C=CC(C6CC56)C4C3=O)c2)c1. The second kappa shape index (κ2) is 7.20. The molecule has 2 bridgehead atoms. The Morgan fingerprint density at radius 1 is 0.939 bits per heavy atom. The van der Waals surface area contributed by atoms with Gasteiger partial charge in [0.15, 0.2) is 0 Å². The van der Waals surface area contributed by atoms with Gasteiger partial charge in [-0.05, 0) is 60.4 Å². The Labute approximate surface area is 191 Å². The second-order valence-corrected chi connectivity index (χ2v) is 9.24. The molecule has 1 aliphatic heterocycles. The van der Waals surface area contributed by atoms with Crippen LogP contribution in [0.3, 0.4) is 0 Å². The van der Waals surface area contributed by atoms with Crippen LogP contribution in [0.25, 0.3) is 0 Å². The summed E-state index contributed by atoms with van der Waals surface area (Å²) < 4.78 is 10.6. The fraction of sp³-hybridized carbons (Fsp3) is 0.346. The van der Waals surface area contributed by atoms with Crippen molar-refractivity contribution in [3.63, 3.8) is 0 Å². The summed E-state index contributed by atoms with van der Waals surface area (Å²) in [6.45, 7) is 0. The van der Waals surface area contributed by atoms with E-state index in [0.29, 0.717) is 40.3 Å². The molecule has 7 nitrogen and oxygen atoms in total. The molecule has 0 radical (unpaired) electrons. The average Bonchev–Trinajstić information content (AvgIpc) is 3.62. The lowest BCUT2D eigenvalue weighted by molar-refractivity contribution is -0.124. The summed E-state index contributed by atoms with van der Waals surface area (Å²) in [6.07, 6.45) is 5.43. The maximum atomic E-state index is 13.4. The number of amides is 3. The molecule has 2 aromatic rings. The van der Waals surface area contributed by atoms with E-state index in [-0.39, 0.29) is 41.4 Å². The van der Waals surface area contributed by atoms with Crippen LogP contribution in [0.5, 0.6) is 11.5 Å². The van der Waals surface area contributed by atoms with Gasteiger partial charge in [-0.25, -0.2) is 4.90 Å². The van der Waals surface area contributed by atoms with Crippen molar-refractivity contribution in [1.82, 2.24) is 0 Å². The van der Waals surface area contributed by atoms with Crippen LogP contribution >= 0.6 is 0 Å². The minimum atomic E-state index is -0.372. The van der Waals surface area contributed by atoms with Crippen molar-refractivity contribution >= 4 is 29.1 Å². The zero-order chi connectivity index (χ0) is 22.9. The van der Waals surface area contributed by atoms with Crippen LogP contribution in [0.1, 0.15) is 16.8 Å². The largest absolute Gasteiger partial charge is 0.497 e. The average molecular weight is 444 g/mol. The van der Waals surface area contributed by atoms with Crippen LogP contribution in [0.2, 0.25) is 0 Å². The van der Waals surface area contributed by atoms with Crippen LogP contribution in [0.15, 0.2) is 54.6 Å². The molecule has 0 aromatic heterocycles. The number of anilines is 2. The number of imide groups is 1. The van der Waals surface area contributed by atoms with Gasteiger partial charge in [0.25, 0.3) is 5.91 Å². The zero-order valence-corrected chi connectivity index (χ0v) is 18.4. The number of hydrogen-bond acceptors (Lipinski definition) is 5. The highest BCUT2D eigenvalue weighted by molar-refractivity contribution is 6.23. The summed E-state index contributed by atoms with van der Waals surface area (Å²) in [7, 11) is 3.07. The predicted octanol–water partition coefficient (Wildman–Crippen LogP) is 3.51. The summed E-state index contributed by atoms with van der Waals surface area (Å²) in [5.41, 5.74) is 1.25. The van der Waals surface area contributed by atoms with E-state index in [1.54, 1.807) is 49.6 Å². The van der Waals surface area contributed by atoms with Gasteiger partial charge in [-0.3, -0.25) is 14.4 Å². The number of rotatable bonds is 5. The van der Waals surface area contributed by atoms with Crippen molar-refractivity contribution in [3.8, 4) is 11.5 Å². The standard InChI is InChI=1S/C26H24N2O5/c1-32-15-6-9-21(33-2)20(11-15)27-24(29)13-4-3-5-14(10-13)28-25(30)22-16-7-8-17(19-12-18(16)19)23(22)26(28)31/h3-11,16-19,22-23H,12H2,1-2H3,(H,27,29). The quantitative estimate of drug-likeness (QED) is 0.564. The van der Waals surface area contributed by atoms with E-state index in [2.05, 4.69) is 17.5 Å². The summed E-state index contributed by atoms with van der Waals surface area (Å²) in [4.78, 5) is 41.1. The third-order valence-electron chi connectivity index (χ3n) is 7.68. The lowest BCUT2D eigenvalue weighted by Gasteiger charge is -2.37. The minimum Gasteiger partial charge on any atom is -0.497 e. The number of nitrogens with zero attached hydrogens (tertiary/aromatic N) is 1. The zero-order valence-electron chi connectivity index (χ0n) is 18.4. The number of hydrogen-bond donors (Lipinski definition) is 1. The number of ether oxygens (including phenoxy) is 2. The van der Waals surface area contributed by atoms with Crippen molar-refractivity contribution in [2.24, 2.45) is 35.5 Å². The van der Waals surface area contributed by atoms with Crippen molar-refractivity contribution in [3.05, 3.63) is 60.2 Å². The van der Waals surface area contributed by atoms with Gasteiger partial charge < -0.3 is 14.8 Å². The van der Waals surface area contributed by atoms with E-state index < -0.39 is 0 Å². The molecule has 6 unspecified atom stereocenters. The van der Waals surface area contributed by atoms with Crippen LogP contribution < -0.4 is 19.7 Å². The molecule has 6 atom stereocenters. The van der Waals surface area contributed by atoms with Crippen molar-refractivity contribution < 1.29 is 23.9 Å². The molecule has 4 aliphatic carbocycles. The van der Waals surface area contributed by atoms with Gasteiger partial charge in [0.2, 0.25) is 11.8 Å². The van der Waals surface area contributed by atoms with Gasteiger partial charge >= 0.3 is 0 Å². The molecule has 7 rings (SSSR count). The Balaban J connectivity index is 1.28. The molecule has 168 valence electrons. The van der Waals surface area contributed by atoms with Crippen LogP contribution in [-0.2, 0) is 9.59 Å². The molecule has 7 heteroatoms. The van der Waals surface area contributed by atoms with E-state index in [0.717, 1.165) is 6.42 Å². The Hall–Kier alpha value is -3.61. The molecule has 3 amide bonds. The highest BCUT2D eigenvalue weighted by Gasteiger charge is 2.67. The number of allylic oxidation sites excluding steroid dienone is 2. The van der Waals surface area contributed by atoms with E-state index in [4.69, 9.17) is 9.47 Å². The lowest BCUT2D eigenvalue weighted by atomic mass is 9.63. The van der Waals surface area contributed by atoms with Crippen molar-refractivity contribution in [1.29, 1.82) is 0 Å². The summed E-state index contributed by atoms with van der Waals surface area (Å²) in [6, 6.07) is 11.8. The van der Waals surface area contributed by atoms with Gasteiger partial charge in [-0.2, -0.15) is 0 Å². The summed E-state index contributed by atoms with van der Waals surface area (Å²) >= 11 is 0. The first-order chi connectivity index (χ1) is 16.0.